The minimum Gasteiger partial charge on any atom is -0.370 e. The molecule has 0 spiro atoms. The second kappa shape index (κ2) is 7.75. The number of rotatable bonds is 5. The maximum Gasteiger partial charge on any atom is 0.0443 e. The molecule has 0 unspecified atom stereocenters. The fourth-order valence-corrected chi connectivity index (χ4v) is 3.23. The predicted octanol–water partition coefficient (Wildman–Crippen LogP) is 2.77. The molecular formula is C15H25N3S. The molecule has 1 aliphatic rings. The van der Waals surface area contributed by atoms with Crippen molar-refractivity contribution in [1.82, 2.24) is 10.3 Å². The zero-order valence-corrected chi connectivity index (χ0v) is 12.9. The molecule has 0 bridgehead atoms. The van der Waals surface area contributed by atoms with Gasteiger partial charge >= 0.3 is 0 Å². The van der Waals surface area contributed by atoms with Gasteiger partial charge in [0.05, 0.1) is 0 Å². The van der Waals surface area contributed by atoms with Gasteiger partial charge in [0.2, 0.25) is 0 Å². The molecule has 1 aromatic heterocycles. The summed E-state index contributed by atoms with van der Waals surface area (Å²) in [6, 6.07) is 2.17. The van der Waals surface area contributed by atoms with Crippen molar-refractivity contribution in [3.8, 4) is 0 Å². The molecule has 0 atom stereocenters. The Kier molecular flexibility index (Phi) is 5.98. The zero-order valence-electron chi connectivity index (χ0n) is 12.1. The van der Waals surface area contributed by atoms with E-state index < -0.39 is 0 Å². The van der Waals surface area contributed by atoms with E-state index in [0.717, 1.165) is 19.6 Å². The normalized spacial score (nSPS) is 16.7. The van der Waals surface area contributed by atoms with Crippen LogP contribution >= 0.6 is 11.8 Å². The zero-order chi connectivity index (χ0) is 13.5. The molecule has 1 N–H and O–H groups in total. The lowest BCUT2D eigenvalue weighted by atomic mass is 10.2. The largest absolute Gasteiger partial charge is 0.370 e. The highest BCUT2D eigenvalue weighted by atomic mass is 32.2. The third-order valence-electron chi connectivity index (χ3n) is 3.31. The van der Waals surface area contributed by atoms with E-state index in [-0.39, 0.29) is 0 Å². The number of nitrogens with one attached hydrogen (secondary N) is 1. The van der Waals surface area contributed by atoms with Crippen LogP contribution in [0.2, 0.25) is 0 Å². The number of aromatic nitrogens is 1. The quantitative estimate of drug-likeness (QED) is 0.897. The smallest absolute Gasteiger partial charge is 0.0443 e. The summed E-state index contributed by atoms with van der Waals surface area (Å²) in [5.74, 6) is 3.22. The maximum atomic E-state index is 4.29. The molecule has 0 aliphatic carbocycles. The third kappa shape index (κ3) is 4.69. The Hall–Kier alpha value is -0.740. The third-order valence-corrected chi connectivity index (χ3v) is 4.36. The molecule has 2 heterocycles. The summed E-state index contributed by atoms with van der Waals surface area (Å²) < 4.78 is 0. The van der Waals surface area contributed by atoms with Crippen LogP contribution in [0.1, 0.15) is 25.8 Å². The van der Waals surface area contributed by atoms with E-state index >= 15 is 0 Å². The van der Waals surface area contributed by atoms with Gasteiger partial charge in [-0.3, -0.25) is 4.98 Å². The van der Waals surface area contributed by atoms with E-state index in [9.17, 15) is 0 Å². The van der Waals surface area contributed by atoms with Gasteiger partial charge in [0, 0.05) is 49.0 Å². The van der Waals surface area contributed by atoms with Crippen molar-refractivity contribution in [1.29, 1.82) is 0 Å². The van der Waals surface area contributed by atoms with Crippen molar-refractivity contribution in [3.63, 3.8) is 0 Å². The number of hydrogen-bond acceptors (Lipinski definition) is 4. The van der Waals surface area contributed by atoms with Crippen LogP contribution in [0, 0.1) is 5.92 Å². The summed E-state index contributed by atoms with van der Waals surface area (Å²) in [6.07, 6.45) is 5.21. The summed E-state index contributed by atoms with van der Waals surface area (Å²) in [5, 5.41) is 3.52. The fraction of sp³-hybridized carbons (Fsp3) is 0.667. The van der Waals surface area contributed by atoms with Crippen LogP contribution in [-0.2, 0) is 6.54 Å². The molecule has 0 aromatic carbocycles. The molecule has 0 amide bonds. The van der Waals surface area contributed by atoms with E-state index in [0.29, 0.717) is 5.92 Å². The first-order valence-electron chi connectivity index (χ1n) is 7.23. The van der Waals surface area contributed by atoms with Gasteiger partial charge in [0.25, 0.3) is 0 Å². The predicted molar refractivity (Wildman–Crippen MR) is 84.9 cm³/mol. The highest BCUT2D eigenvalue weighted by Crippen LogP contribution is 2.22. The van der Waals surface area contributed by atoms with E-state index in [4.69, 9.17) is 0 Å². The summed E-state index contributed by atoms with van der Waals surface area (Å²) in [7, 11) is 0. The minimum atomic E-state index is 0.690. The second-order valence-electron chi connectivity index (χ2n) is 5.48. The number of thioether (sulfide) groups is 1. The van der Waals surface area contributed by atoms with Gasteiger partial charge in [-0.05, 0) is 30.7 Å². The second-order valence-corrected chi connectivity index (χ2v) is 6.71. The molecule has 0 saturated carbocycles. The van der Waals surface area contributed by atoms with Gasteiger partial charge in [0.15, 0.2) is 0 Å². The van der Waals surface area contributed by atoms with Gasteiger partial charge < -0.3 is 10.2 Å². The lowest BCUT2D eigenvalue weighted by Gasteiger charge is -2.25. The average Bonchev–Trinajstić information content (AvgIpc) is 2.68. The molecule has 1 fully saturated rings. The van der Waals surface area contributed by atoms with E-state index in [1.807, 2.05) is 12.4 Å². The Balaban J connectivity index is 2.02. The number of hydrogen-bond donors (Lipinski definition) is 1. The molecule has 19 heavy (non-hydrogen) atoms. The summed E-state index contributed by atoms with van der Waals surface area (Å²) in [5.41, 5.74) is 2.70. The highest BCUT2D eigenvalue weighted by molar-refractivity contribution is 7.99. The van der Waals surface area contributed by atoms with Crippen LogP contribution in [0.4, 0.5) is 5.69 Å². The molecule has 2 rings (SSSR count). The molecule has 4 heteroatoms. The molecule has 106 valence electrons. The Morgan fingerprint density at radius 3 is 3.11 bits per heavy atom. The van der Waals surface area contributed by atoms with Crippen LogP contribution in [0.15, 0.2) is 18.5 Å². The fourth-order valence-electron chi connectivity index (χ4n) is 2.35. The first-order chi connectivity index (χ1) is 9.27. The Morgan fingerprint density at radius 2 is 2.26 bits per heavy atom. The Morgan fingerprint density at radius 1 is 1.37 bits per heavy atom. The standard InChI is InChI=1S/C15H25N3S/c1-13(2)10-17-12-14-11-16-5-4-15(14)18-6-3-8-19-9-7-18/h4-5,11,13,17H,3,6-10,12H2,1-2H3. The number of anilines is 1. The minimum absolute atomic E-state index is 0.690. The van der Waals surface area contributed by atoms with Crippen molar-refractivity contribution < 1.29 is 0 Å². The first kappa shape index (κ1) is 14.7. The van der Waals surface area contributed by atoms with Gasteiger partial charge in [-0.2, -0.15) is 11.8 Å². The topological polar surface area (TPSA) is 28.2 Å². The monoisotopic (exact) mass is 279 g/mol. The lowest BCUT2D eigenvalue weighted by molar-refractivity contribution is 0.551. The van der Waals surface area contributed by atoms with Crippen LogP contribution in [0.5, 0.6) is 0 Å². The molecule has 3 nitrogen and oxygen atoms in total. The SMILES string of the molecule is CC(C)CNCc1cnccc1N1CCCSCC1. The van der Waals surface area contributed by atoms with E-state index in [1.54, 1.807) is 0 Å². The molecule has 1 aliphatic heterocycles. The van der Waals surface area contributed by atoms with Crippen molar-refractivity contribution in [2.45, 2.75) is 26.8 Å². The summed E-state index contributed by atoms with van der Waals surface area (Å²) in [4.78, 5) is 6.81. The van der Waals surface area contributed by atoms with Crippen molar-refractivity contribution >= 4 is 17.4 Å². The van der Waals surface area contributed by atoms with Crippen molar-refractivity contribution in [2.24, 2.45) is 5.92 Å². The lowest BCUT2D eigenvalue weighted by Crippen LogP contribution is -2.28. The molecule has 1 saturated heterocycles. The Bertz CT molecular complexity index is 373. The van der Waals surface area contributed by atoms with Gasteiger partial charge in [0.1, 0.15) is 0 Å². The number of pyridine rings is 1. The van der Waals surface area contributed by atoms with E-state index in [2.05, 4.69) is 46.9 Å². The molecule has 1 aromatic rings. The van der Waals surface area contributed by atoms with Crippen LogP contribution in [0.3, 0.4) is 0 Å². The average molecular weight is 279 g/mol. The molecule has 0 radical (unpaired) electrons. The highest BCUT2D eigenvalue weighted by Gasteiger charge is 2.13. The Labute approximate surface area is 121 Å². The van der Waals surface area contributed by atoms with Gasteiger partial charge in [-0.25, -0.2) is 0 Å². The van der Waals surface area contributed by atoms with E-state index in [1.165, 1.54) is 35.7 Å². The van der Waals surface area contributed by atoms with Crippen molar-refractivity contribution in [2.75, 3.05) is 36.0 Å². The van der Waals surface area contributed by atoms with Crippen molar-refractivity contribution in [3.05, 3.63) is 24.0 Å². The summed E-state index contributed by atoms with van der Waals surface area (Å²) in [6.45, 7) is 8.79. The van der Waals surface area contributed by atoms with Crippen LogP contribution in [-0.4, -0.2) is 36.1 Å². The molecular weight excluding hydrogens is 254 g/mol. The van der Waals surface area contributed by atoms with Crippen LogP contribution in [0.25, 0.3) is 0 Å². The van der Waals surface area contributed by atoms with Crippen LogP contribution < -0.4 is 10.2 Å². The maximum absolute atomic E-state index is 4.29. The summed E-state index contributed by atoms with van der Waals surface area (Å²) >= 11 is 2.07. The first-order valence-corrected chi connectivity index (χ1v) is 8.39. The van der Waals surface area contributed by atoms with Gasteiger partial charge in [-0.15, -0.1) is 0 Å². The van der Waals surface area contributed by atoms with Gasteiger partial charge in [-0.1, -0.05) is 13.8 Å². The number of nitrogens with zero attached hydrogens (tertiary/aromatic N) is 2.